The van der Waals surface area contributed by atoms with Crippen molar-refractivity contribution in [3.8, 4) is 5.75 Å². The summed E-state index contributed by atoms with van der Waals surface area (Å²) in [4.78, 5) is 19.3. The molecule has 0 saturated carbocycles. The lowest BCUT2D eigenvalue weighted by atomic mass is 9.91. The topological polar surface area (TPSA) is 89.3 Å². The second-order valence-corrected chi connectivity index (χ2v) is 21.8. The molecule has 1 N–H and O–H groups in total. The van der Waals surface area contributed by atoms with Gasteiger partial charge in [-0.05, 0) is 79.3 Å². The first-order valence-corrected chi connectivity index (χ1v) is 22.4. The fourth-order valence-corrected chi connectivity index (χ4v) is 8.42. The maximum atomic E-state index is 15.4. The van der Waals surface area contributed by atoms with Crippen molar-refractivity contribution in [2.75, 3.05) is 6.61 Å². The first-order valence-electron chi connectivity index (χ1n) is 18.7. The summed E-state index contributed by atoms with van der Waals surface area (Å²) in [5.74, 6) is -0.690. The number of ether oxygens (including phenoxy) is 3. The van der Waals surface area contributed by atoms with Gasteiger partial charge in [0.05, 0.1) is 23.8 Å². The number of hydrogen-bond acceptors (Lipinski definition) is 6. The molecular formula is C43H52N4O5Si. The van der Waals surface area contributed by atoms with Crippen LogP contribution < -0.4 is 0 Å². The van der Waals surface area contributed by atoms with E-state index in [1.807, 2.05) is 83.1 Å². The number of carbonyl (C=O) groups excluding carboxylic acids is 1. The van der Waals surface area contributed by atoms with E-state index in [0.29, 0.717) is 32.7 Å². The van der Waals surface area contributed by atoms with Crippen molar-refractivity contribution >= 4 is 25.0 Å². The number of carbonyl (C=O) groups is 1. The monoisotopic (exact) mass is 732 g/mol. The van der Waals surface area contributed by atoms with Gasteiger partial charge >= 0.3 is 6.03 Å². The smallest absolute Gasteiger partial charge is 0.321 e. The molecule has 5 aromatic rings. The van der Waals surface area contributed by atoms with Crippen molar-refractivity contribution in [1.29, 1.82) is 0 Å². The number of amides is 2. The van der Waals surface area contributed by atoms with Gasteiger partial charge in [0.1, 0.15) is 24.7 Å². The van der Waals surface area contributed by atoms with Crippen molar-refractivity contribution in [3.05, 3.63) is 132 Å². The SMILES string of the molecule is CC1(C)O[C@@H]2[C@@H](O1)[C@@H](Cc1ccccc1)N(Cc1ccc3c(cnn3COCC[Si](C)(C)C)c1)C(=O)N(Cc1cccc(O)c1)[C@@H]2Cc1ccccc1. The van der Waals surface area contributed by atoms with Gasteiger partial charge in [-0.25, -0.2) is 9.48 Å². The predicted molar refractivity (Wildman–Crippen MR) is 210 cm³/mol. The predicted octanol–water partition coefficient (Wildman–Crippen LogP) is 8.23. The van der Waals surface area contributed by atoms with Gasteiger partial charge in [0, 0.05) is 33.2 Å². The molecule has 0 radical (unpaired) electrons. The van der Waals surface area contributed by atoms with E-state index in [1.54, 1.807) is 12.1 Å². The quantitative estimate of drug-likeness (QED) is 0.0970. The number of phenols is 1. The van der Waals surface area contributed by atoms with E-state index in [9.17, 15) is 5.11 Å². The molecule has 10 heteroatoms. The zero-order valence-electron chi connectivity index (χ0n) is 31.5. The van der Waals surface area contributed by atoms with Crippen LogP contribution in [-0.2, 0) is 46.9 Å². The summed E-state index contributed by atoms with van der Waals surface area (Å²) < 4.78 is 21.6. The lowest BCUT2D eigenvalue weighted by Gasteiger charge is -2.37. The summed E-state index contributed by atoms with van der Waals surface area (Å²) in [5.41, 5.74) is 5.06. The zero-order valence-corrected chi connectivity index (χ0v) is 32.5. The highest BCUT2D eigenvalue weighted by molar-refractivity contribution is 6.76. The minimum absolute atomic E-state index is 0.0961. The maximum absolute atomic E-state index is 15.4. The van der Waals surface area contributed by atoms with Crippen LogP contribution in [0, 0.1) is 0 Å². The Balaban J connectivity index is 1.27. The first kappa shape index (κ1) is 36.9. The largest absolute Gasteiger partial charge is 0.508 e. The zero-order chi connectivity index (χ0) is 37.2. The number of aromatic nitrogens is 2. The number of nitrogens with zero attached hydrogens (tertiary/aromatic N) is 4. The first-order chi connectivity index (χ1) is 25.4. The molecule has 2 fully saturated rings. The summed E-state index contributed by atoms with van der Waals surface area (Å²) >= 11 is 0. The molecule has 4 aromatic carbocycles. The molecule has 2 saturated heterocycles. The highest BCUT2D eigenvalue weighted by Crippen LogP contribution is 2.40. The minimum Gasteiger partial charge on any atom is -0.508 e. The lowest BCUT2D eigenvalue weighted by molar-refractivity contribution is -0.157. The third-order valence-corrected chi connectivity index (χ3v) is 12.0. The third-order valence-electron chi connectivity index (χ3n) is 10.3. The van der Waals surface area contributed by atoms with Gasteiger partial charge in [-0.1, -0.05) is 98.5 Å². The van der Waals surface area contributed by atoms with Gasteiger partial charge < -0.3 is 29.1 Å². The van der Waals surface area contributed by atoms with Crippen molar-refractivity contribution in [2.24, 2.45) is 0 Å². The van der Waals surface area contributed by atoms with Crippen LogP contribution in [0.25, 0.3) is 10.9 Å². The van der Waals surface area contributed by atoms with Crippen LogP contribution in [0.15, 0.2) is 109 Å². The highest BCUT2D eigenvalue weighted by atomic mass is 28.3. The Morgan fingerprint density at radius 2 is 1.32 bits per heavy atom. The van der Waals surface area contributed by atoms with E-state index in [2.05, 4.69) is 67.2 Å². The Labute approximate surface area is 314 Å². The molecule has 278 valence electrons. The normalized spacial score (nSPS) is 21.6. The number of hydrogen-bond donors (Lipinski definition) is 1. The van der Waals surface area contributed by atoms with Gasteiger partial charge in [-0.2, -0.15) is 5.10 Å². The summed E-state index contributed by atoms with van der Waals surface area (Å²) in [7, 11) is -1.19. The molecule has 0 unspecified atom stereocenters. The molecule has 2 amide bonds. The average molecular weight is 733 g/mol. The Bertz CT molecular complexity index is 2000. The summed E-state index contributed by atoms with van der Waals surface area (Å²) in [6.45, 7) is 12.8. The van der Waals surface area contributed by atoms with Gasteiger partial charge in [-0.15, -0.1) is 0 Å². The molecule has 4 atom stereocenters. The molecule has 2 aliphatic rings. The van der Waals surface area contributed by atoms with Crippen LogP contribution in [0.3, 0.4) is 0 Å². The molecule has 0 spiro atoms. The number of urea groups is 1. The van der Waals surface area contributed by atoms with Crippen LogP contribution in [0.1, 0.15) is 36.1 Å². The summed E-state index contributed by atoms with van der Waals surface area (Å²) in [5, 5.41) is 16.1. The lowest BCUT2D eigenvalue weighted by Crippen LogP contribution is -2.51. The van der Waals surface area contributed by atoms with E-state index < -0.39 is 26.1 Å². The average Bonchev–Trinajstić information content (AvgIpc) is 3.67. The highest BCUT2D eigenvalue weighted by Gasteiger charge is 2.55. The van der Waals surface area contributed by atoms with Crippen molar-refractivity contribution in [1.82, 2.24) is 19.6 Å². The van der Waals surface area contributed by atoms with E-state index in [4.69, 9.17) is 14.2 Å². The van der Waals surface area contributed by atoms with Crippen molar-refractivity contribution < 1.29 is 24.1 Å². The van der Waals surface area contributed by atoms with Crippen LogP contribution in [-0.4, -0.2) is 75.5 Å². The van der Waals surface area contributed by atoms with E-state index in [-0.39, 0.29) is 23.9 Å². The van der Waals surface area contributed by atoms with Gasteiger partial charge in [0.25, 0.3) is 0 Å². The van der Waals surface area contributed by atoms with Crippen LogP contribution in [0.2, 0.25) is 25.7 Å². The Kier molecular flexibility index (Phi) is 10.8. The molecule has 0 aliphatic carbocycles. The molecule has 2 aliphatic heterocycles. The molecule has 53 heavy (non-hydrogen) atoms. The van der Waals surface area contributed by atoms with Gasteiger partial charge in [0.15, 0.2) is 5.79 Å². The second kappa shape index (κ2) is 15.5. The summed E-state index contributed by atoms with van der Waals surface area (Å²) in [6.07, 6.45) is 2.25. The fraction of sp³-hybridized carbons (Fsp3) is 0.395. The minimum atomic E-state index is -1.19. The molecular weight excluding hydrogens is 681 g/mol. The van der Waals surface area contributed by atoms with Gasteiger partial charge in [0.2, 0.25) is 0 Å². The Morgan fingerprint density at radius 3 is 1.89 bits per heavy atom. The molecule has 3 heterocycles. The Morgan fingerprint density at radius 1 is 0.755 bits per heavy atom. The van der Waals surface area contributed by atoms with E-state index in [0.717, 1.165) is 45.8 Å². The third kappa shape index (κ3) is 8.84. The Hall–Kier alpha value is -4.48. The number of rotatable bonds is 13. The van der Waals surface area contributed by atoms with Crippen LogP contribution in [0.4, 0.5) is 4.79 Å². The number of aromatic hydroxyl groups is 1. The second-order valence-electron chi connectivity index (χ2n) is 16.2. The van der Waals surface area contributed by atoms with E-state index in [1.165, 1.54) is 0 Å². The van der Waals surface area contributed by atoms with Crippen molar-refractivity contribution in [3.63, 3.8) is 0 Å². The van der Waals surface area contributed by atoms with Crippen molar-refractivity contribution in [2.45, 2.75) is 102 Å². The molecule has 1 aromatic heterocycles. The standard InChI is InChI=1S/C43H52N4O5Si/c1-43(2)51-40-38(25-31-13-8-6-9-14-31)45(28-33-17-12-18-36(48)24-33)42(49)46(39(41(40)52-43)26-32-15-10-7-11-16-32)29-34-19-20-37-35(23-34)27-44-47(37)30-50-21-22-53(3,4)5/h6-20,23-24,27,38-41,48H,21-22,25-26,28-30H2,1-5H3/t38-,39-,40+,41+/m1/s1. The van der Waals surface area contributed by atoms with Gasteiger partial charge in [-0.3, -0.25) is 0 Å². The molecule has 0 bridgehead atoms. The van der Waals surface area contributed by atoms with E-state index >= 15 is 4.79 Å². The number of fused-ring (bicyclic) bond motifs is 2. The number of phenolic OH excluding ortho intramolecular Hbond substituents is 1. The maximum Gasteiger partial charge on any atom is 0.321 e. The molecule has 9 nitrogen and oxygen atoms in total. The fourth-order valence-electron chi connectivity index (χ4n) is 7.66. The molecule has 7 rings (SSSR count). The van der Waals surface area contributed by atoms with Crippen LogP contribution in [0.5, 0.6) is 5.75 Å². The van der Waals surface area contributed by atoms with Crippen LogP contribution >= 0.6 is 0 Å². The summed E-state index contributed by atoms with van der Waals surface area (Å²) in [6, 6.07) is 34.4. The number of benzene rings is 4.